The van der Waals surface area contributed by atoms with E-state index in [-0.39, 0.29) is 35.0 Å². The monoisotopic (exact) mass is 1040 g/mol. The molecule has 2 aliphatic carbocycles. The van der Waals surface area contributed by atoms with E-state index < -0.39 is 0 Å². The molecule has 0 heterocycles. The van der Waals surface area contributed by atoms with E-state index >= 15 is 0 Å². The van der Waals surface area contributed by atoms with Crippen LogP contribution in [0, 0.1) is 22.7 Å². The first-order valence-electron chi connectivity index (χ1n) is 31.3. The van der Waals surface area contributed by atoms with Crippen molar-refractivity contribution in [1.82, 2.24) is 0 Å². The molecule has 4 atom stereocenters. The van der Waals surface area contributed by atoms with Gasteiger partial charge in [-0.2, -0.15) is 0 Å². The molecule has 4 unspecified atom stereocenters. The Labute approximate surface area is 470 Å². The smallest absolute Gasteiger partial charge is 0.306 e. The van der Waals surface area contributed by atoms with E-state index in [9.17, 15) is 9.59 Å². The minimum absolute atomic E-state index is 0.00538. The zero-order chi connectivity index (χ0) is 55.9. The highest BCUT2D eigenvalue weighted by atomic mass is 16.5. The number of unbranched alkanes of at least 4 members (excludes halogenated alkanes) is 24. The van der Waals surface area contributed by atoms with Gasteiger partial charge in [0.25, 0.3) is 0 Å². The first-order valence-corrected chi connectivity index (χ1v) is 31.3. The second-order valence-electron chi connectivity index (χ2n) is 24.7. The molecule has 0 saturated carbocycles. The molecule has 0 N–H and O–H groups in total. The van der Waals surface area contributed by atoms with Crippen LogP contribution in [0.2, 0.25) is 0 Å². The molecular formula is C72H116O4. The fourth-order valence-corrected chi connectivity index (χ4v) is 11.3. The maximum absolute atomic E-state index is 12.8. The van der Waals surface area contributed by atoms with Gasteiger partial charge in [-0.1, -0.05) is 314 Å². The number of hydrogen-bond donors (Lipinski definition) is 0. The van der Waals surface area contributed by atoms with Gasteiger partial charge in [0.05, 0.1) is 0 Å². The van der Waals surface area contributed by atoms with Gasteiger partial charge >= 0.3 is 11.9 Å². The van der Waals surface area contributed by atoms with Crippen LogP contribution in [0.3, 0.4) is 0 Å². The summed E-state index contributed by atoms with van der Waals surface area (Å²) in [5.41, 5.74) is 7.30. The second-order valence-corrected chi connectivity index (χ2v) is 24.7. The summed E-state index contributed by atoms with van der Waals surface area (Å²) in [6, 6.07) is 0. The van der Waals surface area contributed by atoms with E-state index in [1.807, 2.05) is 0 Å². The zero-order valence-corrected chi connectivity index (χ0v) is 51.4. The molecule has 4 nitrogen and oxygen atoms in total. The Morgan fingerprint density at radius 1 is 0.421 bits per heavy atom. The zero-order valence-electron chi connectivity index (χ0n) is 51.4. The van der Waals surface area contributed by atoms with E-state index in [0.717, 1.165) is 38.5 Å². The number of rotatable bonds is 40. The van der Waals surface area contributed by atoms with E-state index in [0.29, 0.717) is 24.7 Å². The summed E-state index contributed by atoms with van der Waals surface area (Å²) in [6.45, 7) is 26.7. The lowest BCUT2D eigenvalue weighted by Gasteiger charge is -2.40. The second kappa shape index (κ2) is 41.2. The summed E-state index contributed by atoms with van der Waals surface area (Å²) in [5, 5.41) is 0. The molecule has 0 bridgehead atoms. The van der Waals surface area contributed by atoms with Crippen molar-refractivity contribution in [2.45, 2.75) is 288 Å². The molecule has 0 spiro atoms. The van der Waals surface area contributed by atoms with E-state index in [2.05, 4.69) is 180 Å². The van der Waals surface area contributed by atoms with Crippen molar-refractivity contribution in [3.8, 4) is 0 Å². The maximum atomic E-state index is 12.8. The molecule has 0 aromatic rings. The Hall–Kier alpha value is -3.92. The van der Waals surface area contributed by atoms with Crippen LogP contribution in [0.5, 0.6) is 0 Å². The highest BCUT2D eigenvalue weighted by Gasteiger charge is 2.37. The molecule has 4 heteroatoms. The summed E-state index contributed by atoms with van der Waals surface area (Å²) in [7, 11) is 0. The molecule has 0 saturated heterocycles. The molecule has 0 fully saturated rings. The van der Waals surface area contributed by atoms with Gasteiger partial charge in [0.2, 0.25) is 0 Å². The van der Waals surface area contributed by atoms with Crippen molar-refractivity contribution in [1.29, 1.82) is 0 Å². The van der Waals surface area contributed by atoms with Crippen LogP contribution in [-0.4, -0.2) is 24.1 Å². The molecule has 76 heavy (non-hydrogen) atoms. The van der Waals surface area contributed by atoms with Gasteiger partial charge in [0.1, 0.15) is 12.2 Å². The fraction of sp³-hybridized carbons (Fsp3) is 0.667. The molecular weight excluding hydrogens is 929 g/mol. The number of allylic oxidation sites excluding steroid dienone is 20. The van der Waals surface area contributed by atoms with Gasteiger partial charge in [-0.15, -0.1) is 0 Å². The molecule has 2 aliphatic rings. The van der Waals surface area contributed by atoms with Crippen LogP contribution >= 0.6 is 0 Å². The lowest BCUT2D eigenvalue weighted by Crippen LogP contribution is -2.34. The van der Waals surface area contributed by atoms with Crippen molar-refractivity contribution in [3.63, 3.8) is 0 Å². The fourth-order valence-electron chi connectivity index (χ4n) is 11.3. The first-order chi connectivity index (χ1) is 36.5. The van der Waals surface area contributed by atoms with E-state index in [1.165, 1.54) is 175 Å². The lowest BCUT2D eigenvalue weighted by atomic mass is 9.67. The van der Waals surface area contributed by atoms with Crippen LogP contribution in [0.25, 0.3) is 0 Å². The molecule has 0 aromatic heterocycles. The minimum Gasteiger partial charge on any atom is -0.458 e. The van der Waals surface area contributed by atoms with Gasteiger partial charge in [0.15, 0.2) is 0 Å². The third-order valence-electron chi connectivity index (χ3n) is 15.9. The highest BCUT2D eigenvalue weighted by Crippen LogP contribution is 2.44. The van der Waals surface area contributed by atoms with E-state index in [1.54, 1.807) is 0 Å². The third kappa shape index (κ3) is 32.7. The molecule has 0 aromatic carbocycles. The number of hydrogen-bond acceptors (Lipinski definition) is 4. The van der Waals surface area contributed by atoms with Crippen molar-refractivity contribution in [2.24, 2.45) is 22.7 Å². The molecule has 428 valence electrons. The average molecular weight is 1050 g/mol. The maximum Gasteiger partial charge on any atom is 0.306 e. The van der Waals surface area contributed by atoms with Gasteiger partial charge in [-0.3, -0.25) is 9.59 Å². The standard InChI is InChI=1S/C72H116O4/c1-13-15-17-19-21-23-25-27-29-31-33-35-37-49-69(73)75-65-55-63(7)67(71(9,10)57-65)53-51-61(5)47-41-45-59(3)43-39-40-44-60(4)46-42-48-62(6)52-54-68-64(8)56-66(58-72(68,11)12)76-70(74)50-38-36-34-32-30-28-26-24-22-20-18-16-14-2/h39-48,51-56,65-68H,13-38,49-50,57-58H2,1-12H3/b40-39+,45-41+,46-42+,53-51+,54-52+,59-43+,60-44+,61-47+,62-48+. The predicted octanol–water partition coefficient (Wildman–Crippen LogP) is 22.3. The number of carbonyl (C=O) groups excluding carboxylic acids is 2. The lowest BCUT2D eigenvalue weighted by molar-refractivity contribution is -0.149. The molecule has 0 amide bonds. The van der Waals surface area contributed by atoms with Gasteiger partial charge in [0, 0.05) is 24.7 Å². The van der Waals surface area contributed by atoms with Crippen LogP contribution in [0.4, 0.5) is 0 Å². The normalized spacial score (nSPS) is 20.7. The largest absolute Gasteiger partial charge is 0.458 e. The summed E-state index contributed by atoms with van der Waals surface area (Å²) < 4.78 is 12.0. The predicted molar refractivity (Wildman–Crippen MR) is 332 cm³/mol. The SMILES string of the molecule is CCCCCCCCCCCCCCCC(=O)OC1C=C(C)C(/C=C/C(C)=C/C=C/C(C)=C/C=C/C=C(C)/C=C/C=C(C)/C=C/C2C(C)=CC(OC(=O)CCCCCCCCCCCCCCC)CC2(C)C)C(C)(C)C1. The topological polar surface area (TPSA) is 52.6 Å². The Balaban J connectivity index is 1.73. The van der Waals surface area contributed by atoms with Gasteiger partial charge in [-0.25, -0.2) is 0 Å². The molecule has 0 aliphatic heterocycles. The third-order valence-corrected chi connectivity index (χ3v) is 15.9. The molecule has 0 radical (unpaired) electrons. The first kappa shape index (κ1) is 68.2. The summed E-state index contributed by atoms with van der Waals surface area (Å²) in [6.07, 6.45) is 71.2. The Morgan fingerprint density at radius 2 is 0.684 bits per heavy atom. The Bertz CT molecular complexity index is 1820. The quantitative estimate of drug-likeness (QED) is 0.0266. The number of esters is 2. The average Bonchev–Trinajstić information content (AvgIpc) is 3.34. The summed E-state index contributed by atoms with van der Waals surface area (Å²) in [4.78, 5) is 25.5. The summed E-state index contributed by atoms with van der Waals surface area (Å²) >= 11 is 0. The van der Waals surface area contributed by atoms with E-state index in [4.69, 9.17) is 9.47 Å². The van der Waals surface area contributed by atoms with Gasteiger partial charge < -0.3 is 9.47 Å². The van der Waals surface area contributed by atoms with Crippen LogP contribution in [-0.2, 0) is 19.1 Å². The highest BCUT2D eigenvalue weighted by molar-refractivity contribution is 5.70. The Morgan fingerprint density at radius 3 is 0.974 bits per heavy atom. The van der Waals surface area contributed by atoms with Crippen LogP contribution < -0.4 is 0 Å². The number of ether oxygens (including phenoxy) is 2. The minimum atomic E-state index is -0.143. The Kier molecular flexibility index (Phi) is 36.9. The van der Waals surface area contributed by atoms with Crippen LogP contribution in [0.15, 0.2) is 131 Å². The van der Waals surface area contributed by atoms with Crippen molar-refractivity contribution in [2.75, 3.05) is 0 Å². The summed E-state index contributed by atoms with van der Waals surface area (Å²) in [5.74, 6) is 0.499. The van der Waals surface area contributed by atoms with Crippen molar-refractivity contribution >= 4 is 11.9 Å². The van der Waals surface area contributed by atoms with Gasteiger partial charge in [-0.05, 0) is 90.2 Å². The molecule has 2 rings (SSSR count). The van der Waals surface area contributed by atoms with Crippen LogP contribution in [0.1, 0.15) is 276 Å². The van der Waals surface area contributed by atoms with Crippen molar-refractivity contribution in [3.05, 3.63) is 131 Å². The number of carbonyl (C=O) groups is 2. The van der Waals surface area contributed by atoms with Crippen molar-refractivity contribution < 1.29 is 19.1 Å².